The molecule has 1 saturated carbocycles. The number of halogens is 4. The first-order valence-corrected chi connectivity index (χ1v) is 9.73. The monoisotopic (exact) mass is 482 g/mol. The molecule has 1 spiro atoms. The second-order valence-corrected chi connectivity index (χ2v) is 7.66. The summed E-state index contributed by atoms with van der Waals surface area (Å²) in [5.74, 6) is -3.25. The molecule has 0 atom stereocenters. The molecule has 1 aromatic heterocycles. The summed E-state index contributed by atoms with van der Waals surface area (Å²) in [6, 6.07) is 2.82. The highest BCUT2D eigenvalue weighted by Gasteiger charge is 2.59. The number of amides is 2. The van der Waals surface area contributed by atoms with Crippen molar-refractivity contribution in [3.63, 3.8) is 0 Å². The van der Waals surface area contributed by atoms with Crippen LogP contribution in [0.2, 0.25) is 0 Å². The van der Waals surface area contributed by atoms with Crippen LogP contribution >= 0.6 is 12.2 Å². The van der Waals surface area contributed by atoms with Crippen molar-refractivity contribution in [3.05, 3.63) is 53.1 Å². The average molecular weight is 482 g/mol. The SMILES string of the molecule is [2H]c1nc(C#N)c(C(F)(F)F)c([2H])c1N1C(=O)C2(CCC2)N(c2ccc(C(=O)NC([2H])([2H])[2H])c(F)c2)C1=S. The van der Waals surface area contributed by atoms with Gasteiger partial charge in [-0.1, -0.05) is 0 Å². The van der Waals surface area contributed by atoms with Crippen molar-refractivity contribution in [3.8, 4) is 6.07 Å². The summed E-state index contributed by atoms with van der Waals surface area (Å²) in [5.41, 5.74) is -5.97. The Morgan fingerprint density at radius 2 is 2.12 bits per heavy atom. The van der Waals surface area contributed by atoms with Gasteiger partial charge in [0, 0.05) is 16.8 Å². The van der Waals surface area contributed by atoms with Crippen molar-refractivity contribution < 1.29 is 34.0 Å². The summed E-state index contributed by atoms with van der Waals surface area (Å²) in [7, 11) is 0. The highest BCUT2D eigenvalue weighted by atomic mass is 32.1. The van der Waals surface area contributed by atoms with Crippen molar-refractivity contribution >= 4 is 40.5 Å². The zero-order chi connectivity index (χ0) is 28.4. The van der Waals surface area contributed by atoms with Crippen LogP contribution in [0.3, 0.4) is 0 Å². The van der Waals surface area contributed by atoms with E-state index in [9.17, 15) is 27.2 Å². The number of rotatable bonds is 3. The quantitative estimate of drug-likeness (QED) is 0.532. The lowest BCUT2D eigenvalue weighted by atomic mass is 9.75. The fourth-order valence-electron chi connectivity index (χ4n) is 3.83. The normalized spacial score (nSPS) is 19.8. The molecule has 1 aliphatic carbocycles. The predicted molar refractivity (Wildman–Crippen MR) is 113 cm³/mol. The van der Waals surface area contributed by atoms with E-state index in [1.165, 1.54) is 17.0 Å². The van der Waals surface area contributed by atoms with Crippen LogP contribution in [-0.4, -0.2) is 34.4 Å². The van der Waals surface area contributed by atoms with E-state index in [0.717, 1.165) is 12.1 Å². The Kier molecular flexibility index (Phi) is 3.99. The van der Waals surface area contributed by atoms with Crippen LogP contribution in [0.1, 0.15) is 47.7 Å². The van der Waals surface area contributed by atoms with Gasteiger partial charge in [0.2, 0.25) is 0 Å². The second kappa shape index (κ2) is 7.77. The van der Waals surface area contributed by atoms with Gasteiger partial charge in [0.1, 0.15) is 17.4 Å². The van der Waals surface area contributed by atoms with Crippen molar-refractivity contribution in [1.82, 2.24) is 10.3 Å². The number of carbonyl (C=O) groups excluding carboxylic acids is 2. The van der Waals surface area contributed by atoms with E-state index in [4.69, 9.17) is 24.3 Å². The van der Waals surface area contributed by atoms with Gasteiger partial charge < -0.3 is 10.2 Å². The third-order valence-corrected chi connectivity index (χ3v) is 5.89. The lowest BCUT2D eigenvalue weighted by Crippen LogP contribution is -2.55. The molecule has 1 N–H and O–H groups in total. The lowest BCUT2D eigenvalue weighted by Gasteiger charge is -2.43. The topological polar surface area (TPSA) is 89.3 Å². The summed E-state index contributed by atoms with van der Waals surface area (Å²) in [6.45, 7) is -2.88. The zero-order valence-corrected chi connectivity index (χ0v) is 17.2. The van der Waals surface area contributed by atoms with Crippen LogP contribution in [0.5, 0.6) is 0 Å². The van der Waals surface area contributed by atoms with Crippen LogP contribution in [0.4, 0.5) is 28.9 Å². The first kappa shape index (κ1) is 17.0. The van der Waals surface area contributed by atoms with E-state index in [1.807, 2.05) is 0 Å². The molecule has 4 rings (SSSR count). The standard InChI is InChI=1S/C21H15F4N5O2S/c1-27-17(31)13-4-3-11(8-15(13)22)30-19(33)29(18(32)20(30)5-2-6-20)12-7-14(21(23,24)25)16(9-26)28-10-12/h3-4,7-8,10H,2,5-6H2,1H3,(H,27,31)/i1D3,7D,10D. The Morgan fingerprint density at radius 1 is 1.39 bits per heavy atom. The predicted octanol–water partition coefficient (Wildman–Crippen LogP) is 3.53. The van der Waals surface area contributed by atoms with Crippen LogP contribution in [0, 0.1) is 17.1 Å². The van der Waals surface area contributed by atoms with Crippen molar-refractivity contribution in [2.24, 2.45) is 0 Å². The molecule has 1 aromatic carbocycles. The number of thiocarbonyl (C=S) groups is 1. The van der Waals surface area contributed by atoms with E-state index in [1.54, 1.807) is 5.32 Å². The highest BCUT2D eigenvalue weighted by molar-refractivity contribution is 7.81. The Labute approximate surface area is 197 Å². The Balaban J connectivity index is 1.83. The average Bonchev–Trinajstić information content (AvgIpc) is 2.98. The van der Waals surface area contributed by atoms with E-state index >= 15 is 0 Å². The fourth-order valence-corrected chi connectivity index (χ4v) is 4.29. The number of anilines is 2. The maximum atomic E-state index is 14.9. The molecule has 2 heterocycles. The summed E-state index contributed by atoms with van der Waals surface area (Å²) in [6.07, 6.45) is -5.36. The van der Waals surface area contributed by atoms with Gasteiger partial charge in [-0.05, 0) is 55.7 Å². The number of nitriles is 1. The van der Waals surface area contributed by atoms with Crippen molar-refractivity contribution in [2.45, 2.75) is 31.0 Å². The zero-order valence-electron chi connectivity index (χ0n) is 21.4. The number of alkyl halides is 3. The van der Waals surface area contributed by atoms with Crippen LogP contribution in [-0.2, 0) is 11.0 Å². The molecule has 2 aromatic rings. The molecule has 33 heavy (non-hydrogen) atoms. The maximum absolute atomic E-state index is 14.9. The number of aromatic nitrogens is 1. The molecule has 7 nitrogen and oxygen atoms in total. The summed E-state index contributed by atoms with van der Waals surface area (Å²) < 4.78 is 93.5. The Hall–Kier alpha value is -3.59. The molecule has 0 radical (unpaired) electrons. The van der Waals surface area contributed by atoms with Crippen LogP contribution in [0.25, 0.3) is 0 Å². The van der Waals surface area contributed by atoms with Crippen molar-refractivity contribution in [2.75, 3.05) is 16.8 Å². The molecule has 2 amide bonds. The first-order valence-electron chi connectivity index (χ1n) is 11.8. The minimum atomic E-state index is -5.20. The molecule has 1 aliphatic heterocycles. The number of hydrogen-bond acceptors (Lipinski definition) is 5. The molecule has 12 heteroatoms. The Bertz CT molecular complexity index is 1440. The first-order chi connectivity index (χ1) is 17.5. The second-order valence-electron chi connectivity index (χ2n) is 7.29. The van der Waals surface area contributed by atoms with Gasteiger partial charge in [-0.2, -0.15) is 18.4 Å². The molecule has 2 aliphatic rings. The van der Waals surface area contributed by atoms with Gasteiger partial charge in [-0.3, -0.25) is 14.5 Å². The minimum Gasteiger partial charge on any atom is -0.355 e. The van der Waals surface area contributed by atoms with E-state index < -0.39 is 76.2 Å². The number of pyridine rings is 1. The number of nitrogens with zero attached hydrogens (tertiary/aromatic N) is 4. The van der Waals surface area contributed by atoms with Crippen LogP contribution < -0.4 is 15.1 Å². The molecule has 2 fully saturated rings. The van der Waals surface area contributed by atoms with Gasteiger partial charge in [0.05, 0.1) is 25.7 Å². The molecule has 1 saturated heterocycles. The molecule has 0 unspecified atom stereocenters. The van der Waals surface area contributed by atoms with E-state index in [0.29, 0.717) is 11.3 Å². The Morgan fingerprint density at radius 3 is 2.67 bits per heavy atom. The van der Waals surface area contributed by atoms with Gasteiger partial charge in [0.15, 0.2) is 10.8 Å². The van der Waals surface area contributed by atoms with Gasteiger partial charge >= 0.3 is 6.18 Å². The number of hydrogen-bond donors (Lipinski definition) is 1. The highest BCUT2D eigenvalue weighted by Crippen LogP contribution is 2.48. The number of carbonyl (C=O) groups is 2. The molecular formula is C21H15F4N5O2S. The summed E-state index contributed by atoms with van der Waals surface area (Å²) in [4.78, 5) is 30.8. The van der Waals surface area contributed by atoms with Gasteiger partial charge in [-0.25, -0.2) is 9.37 Å². The van der Waals surface area contributed by atoms with Crippen molar-refractivity contribution in [1.29, 1.82) is 5.26 Å². The number of benzene rings is 1. The van der Waals surface area contributed by atoms with Gasteiger partial charge in [0.25, 0.3) is 11.8 Å². The third kappa shape index (κ3) is 3.39. The lowest BCUT2D eigenvalue weighted by molar-refractivity contribution is -0.138. The summed E-state index contributed by atoms with van der Waals surface area (Å²) >= 11 is 5.38. The van der Waals surface area contributed by atoms with Crippen LogP contribution in [0.15, 0.2) is 30.4 Å². The molecular weight excluding hydrogens is 462 g/mol. The fraction of sp³-hybridized carbons (Fsp3) is 0.286. The van der Waals surface area contributed by atoms with Gasteiger partial charge in [-0.15, -0.1) is 0 Å². The minimum absolute atomic E-state index is 0.0656. The molecule has 0 bridgehead atoms. The maximum Gasteiger partial charge on any atom is 0.419 e. The third-order valence-electron chi connectivity index (χ3n) is 5.53. The molecule has 170 valence electrons. The van der Waals surface area contributed by atoms with E-state index in [-0.39, 0.29) is 18.5 Å². The number of nitrogens with one attached hydrogen (secondary N) is 1. The van der Waals surface area contributed by atoms with E-state index in [2.05, 4.69) is 4.98 Å². The summed E-state index contributed by atoms with van der Waals surface area (Å²) in [5, 5.41) is 10.3. The largest absolute Gasteiger partial charge is 0.419 e. The smallest absolute Gasteiger partial charge is 0.355 e.